The van der Waals surface area contributed by atoms with Crippen LogP contribution in [-0.4, -0.2) is 191 Å². The molecule has 4 aromatic carbocycles. The normalized spacial score (nSPS) is 15.3. The van der Waals surface area contributed by atoms with Crippen molar-refractivity contribution in [3.63, 3.8) is 0 Å². The van der Waals surface area contributed by atoms with E-state index in [0.29, 0.717) is 66.3 Å². The lowest BCUT2D eigenvalue weighted by Crippen LogP contribution is -2.41. The number of fused-ring (bicyclic) bond motifs is 2. The van der Waals surface area contributed by atoms with Gasteiger partial charge in [0.05, 0.1) is 38.6 Å². The third-order valence-corrected chi connectivity index (χ3v) is 29.4. The number of benzene rings is 4. The Kier molecular flexibility index (Phi) is 31.9. The van der Waals surface area contributed by atoms with E-state index in [-0.39, 0.29) is 55.6 Å². The highest BCUT2D eigenvalue weighted by atomic mass is 127. The van der Waals surface area contributed by atoms with E-state index in [1.807, 2.05) is 153 Å². The Balaban J connectivity index is 0.000000189. The van der Waals surface area contributed by atoms with E-state index < -0.39 is 32.3 Å². The van der Waals surface area contributed by atoms with Gasteiger partial charge in [0.25, 0.3) is 0 Å². The number of carbonyl (C=O) groups excluding carboxylic acids is 2. The van der Waals surface area contributed by atoms with Gasteiger partial charge < -0.3 is 57.3 Å². The molecule has 6 aromatic heterocycles. The number of hydrogen-bond donors (Lipinski definition) is 0. The molecule has 28 heteroatoms. The predicted octanol–water partition coefficient (Wildman–Crippen LogP) is 19.7. The van der Waals surface area contributed by atoms with Crippen LogP contribution in [0.4, 0.5) is 21.2 Å². The zero-order valence-corrected chi connectivity index (χ0v) is 78.6. The summed E-state index contributed by atoms with van der Waals surface area (Å²) in [6.45, 7) is 44.1. The third kappa shape index (κ3) is 26.7. The SMILES string of the molecule is CC1(C)OB(c2ccc(-c3ccccc3)nc2)OC1(C)C.C[Si](C)(C)CCOCN(COCC[Si](C)(C)C)c1cc(C2CCN(C(=O)OCc3ccccc3)CC2)nc2c(-c3ccc(-c4ccccc4)nc3)cnn12.C[Si](C)(C)CCOCN(COCC[Si](C)(C)C)c1cc(C2CCN(C(=O)OCc3ccccc3)CC2)nc2c(I)cnn12. The van der Waals surface area contributed by atoms with Gasteiger partial charge in [0.15, 0.2) is 11.3 Å². The Morgan fingerprint density at radius 1 is 0.458 bits per heavy atom. The largest absolute Gasteiger partial charge is 0.496 e. The highest BCUT2D eigenvalue weighted by Gasteiger charge is 2.52. The minimum atomic E-state index is -1.27. The second-order valence-corrected chi connectivity index (χ2v) is 60.6. The zero-order valence-electron chi connectivity index (χ0n) is 72.4. The molecule has 630 valence electrons. The average Bonchev–Trinajstić information content (AvgIpc) is 1.60. The molecule has 0 saturated carbocycles. The molecular weight excluding hydrogens is 1660 g/mol. The first kappa shape index (κ1) is 90.7. The summed E-state index contributed by atoms with van der Waals surface area (Å²) in [6, 6.07) is 56.8. The van der Waals surface area contributed by atoms with Crippen molar-refractivity contribution < 1.29 is 47.3 Å². The maximum atomic E-state index is 13.0. The number of rotatable bonds is 32. The molecule has 3 saturated heterocycles. The monoisotopic (exact) mass is 1780 g/mol. The second-order valence-electron chi connectivity index (χ2n) is 36.9. The first-order valence-electron chi connectivity index (χ1n) is 41.8. The van der Waals surface area contributed by atoms with Crippen LogP contribution in [0.1, 0.15) is 87.7 Å². The van der Waals surface area contributed by atoms with Crippen LogP contribution in [0, 0.1) is 3.57 Å². The quantitative estimate of drug-likeness (QED) is 0.0166. The number of nitrogens with zero attached hydrogens (tertiary/aromatic N) is 12. The van der Waals surface area contributed by atoms with Gasteiger partial charge in [0.2, 0.25) is 0 Å². The van der Waals surface area contributed by atoms with Crippen molar-refractivity contribution in [1.82, 2.24) is 49.0 Å². The molecule has 13 rings (SSSR count). The molecule has 3 fully saturated rings. The molecule has 0 atom stereocenters. The maximum absolute atomic E-state index is 13.0. The topological polar surface area (TPSA) is 207 Å². The summed E-state index contributed by atoms with van der Waals surface area (Å²) in [6.07, 6.45) is 10.2. The Labute approximate surface area is 717 Å². The van der Waals surface area contributed by atoms with Gasteiger partial charge in [-0.15, -0.1) is 0 Å². The fourth-order valence-electron chi connectivity index (χ4n) is 13.5. The number of carbonyl (C=O) groups is 2. The number of anilines is 2. The molecular formula is C90H124BIN12O10Si4. The lowest BCUT2D eigenvalue weighted by atomic mass is 9.80. The smallest absolute Gasteiger partial charge is 0.445 e. The van der Waals surface area contributed by atoms with E-state index in [0.717, 1.165) is 151 Å². The molecule has 3 aliphatic heterocycles. The van der Waals surface area contributed by atoms with Crippen LogP contribution < -0.4 is 15.3 Å². The van der Waals surface area contributed by atoms with Gasteiger partial charge in [-0.1, -0.05) is 212 Å². The van der Waals surface area contributed by atoms with Crippen LogP contribution in [0.5, 0.6) is 0 Å². The number of piperidine rings is 2. The van der Waals surface area contributed by atoms with Gasteiger partial charge in [-0.05, 0) is 123 Å². The summed E-state index contributed by atoms with van der Waals surface area (Å²) in [5.74, 6) is 2.18. The number of pyridine rings is 2. The number of aromatic nitrogens is 8. The van der Waals surface area contributed by atoms with Crippen molar-refractivity contribution in [2.45, 2.75) is 192 Å². The first-order valence-corrected chi connectivity index (χ1v) is 57.7. The summed E-state index contributed by atoms with van der Waals surface area (Å²) < 4.78 is 53.3. The Hall–Kier alpha value is -8.02. The molecule has 0 radical (unpaired) electrons. The van der Waals surface area contributed by atoms with Gasteiger partial charge in [-0.25, -0.2) is 19.6 Å². The molecule has 0 unspecified atom stereocenters. The van der Waals surface area contributed by atoms with Crippen molar-refractivity contribution in [1.29, 1.82) is 0 Å². The molecule has 0 spiro atoms. The van der Waals surface area contributed by atoms with Crippen LogP contribution in [0.25, 0.3) is 44.9 Å². The van der Waals surface area contributed by atoms with E-state index in [1.54, 1.807) is 0 Å². The Bertz CT molecular complexity index is 4730. The minimum Gasteiger partial charge on any atom is -0.445 e. The number of halogens is 1. The van der Waals surface area contributed by atoms with Gasteiger partial charge in [0, 0.05) is 160 Å². The van der Waals surface area contributed by atoms with Crippen molar-refractivity contribution in [2.75, 3.05) is 89.3 Å². The van der Waals surface area contributed by atoms with E-state index in [4.69, 9.17) is 57.8 Å². The van der Waals surface area contributed by atoms with Crippen LogP contribution in [-0.2, 0) is 50.9 Å². The van der Waals surface area contributed by atoms with Crippen molar-refractivity contribution in [2.24, 2.45) is 0 Å². The fourth-order valence-corrected chi connectivity index (χ4v) is 17.0. The average molecular weight is 1780 g/mol. The molecule has 0 N–H and O–H groups in total. The Morgan fingerprint density at radius 2 is 0.822 bits per heavy atom. The highest BCUT2D eigenvalue weighted by molar-refractivity contribution is 14.1. The van der Waals surface area contributed by atoms with Crippen molar-refractivity contribution in [3.05, 3.63) is 209 Å². The third-order valence-electron chi connectivity index (χ3n) is 21.8. The molecule has 3 aliphatic rings. The van der Waals surface area contributed by atoms with Gasteiger partial charge in [-0.2, -0.15) is 19.2 Å². The molecule has 9 heterocycles. The van der Waals surface area contributed by atoms with Crippen molar-refractivity contribution >= 4 is 103 Å². The molecule has 118 heavy (non-hydrogen) atoms. The summed E-state index contributed by atoms with van der Waals surface area (Å²) in [5.41, 5.74) is 11.8. The molecule has 0 bridgehead atoms. The Morgan fingerprint density at radius 3 is 1.19 bits per heavy atom. The molecule has 22 nitrogen and oxygen atoms in total. The van der Waals surface area contributed by atoms with E-state index in [2.05, 4.69) is 197 Å². The number of ether oxygens (including phenoxy) is 6. The second kappa shape index (κ2) is 41.5. The van der Waals surface area contributed by atoms with Crippen molar-refractivity contribution in [3.8, 4) is 33.6 Å². The standard InChI is InChI=1S/C42H56N6O4Si2.C31H48IN5O4Si2.C17H20BNO2/c1-53(2,3)25-23-50-31-47(32-51-24-26-54(4,5)6)40-27-39(35-19-21-46(22-20-35)42(49)52-30-33-13-9-7-10-14-33)45-41-37(29-44-48(40)41)36-17-18-38(43-28-36)34-15-11-8-12-16-34;1-42(2,3)18-16-39-23-36(24-40-17-19-43(4,5)6)29-20-28(34-30-27(32)21-33-37(29)30)26-12-14-35(15-13-26)31(38)41-22-25-10-8-7-9-11-25;1-16(2)17(3,4)21-18(20-16)14-10-11-15(19-12-14)13-8-6-5-7-9-13/h7-18,27-29,35H,19-26,30-32H2,1-6H3;7-11,20-21,26H,12-19,22-24H2,1-6H3;5-12H,1-4H3. The van der Waals surface area contributed by atoms with E-state index >= 15 is 0 Å². The molecule has 10 aromatic rings. The summed E-state index contributed by atoms with van der Waals surface area (Å²) >= 11 is 2.31. The maximum Gasteiger partial charge on any atom is 0.496 e. The number of amides is 2. The van der Waals surface area contributed by atoms with Crippen LogP contribution in [0.15, 0.2) is 183 Å². The summed E-state index contributed by atoms with van der Waals surface area (Å²) in [4.78, 5) is 53.4. The van der Waals surface area contributed by atoms with Gasteiger partial charge >= 0.3 is 19.3 Å². The zero-order chi connectivity index (χ0) is 84.3. The lowest BCUT2D eigenvalue weighted by Gasteiger charge is -2.32. The first-order chi connectivity index (χ1) is 56.2. The van der Waals surface area contributed by atoms with E-state index in [9.17, 15) is 9.59 Å². The lowest BCUT2D eigenvalue weighted by molar-refractivity contribution is 0.00578. The van der Waals surface area contributed by atoms with Gasteiger partial charge in [-0.3, -0.25) is 9.97 Å². The predicted molar refractivity (Wildman–Crippen MR) is 494 cm³/mol. The van der Waals surface area contributed by atoms with Crippen LogP contribution in [0.3, 0.4) is 0 Å². The van der Waals surface area contributed by atoms with Crippen LogP contribution in [0.2, 0.25) is 103 Å². The van der Waals surface area contributed by atoms with Crippen LogP contribution >= 0.6 is 22.6 Å². The van der Waals surface area contributed by atoms with E-state index in [1.165, 1.54) is 0 Å². The minimum absolute atomic E-state index is 0.149. The highest BCUT2D eigenvalue weighted by Crippen LogP contribution is 2.39. The molecule has 2 amide bonds. The molecule has 0 aliphatic carbocycles. The summed E-state index contributed by atoms with van der Waals surface area (Å²) in [7, 11) is -5.31. The summed E-state index contributed by atoms with van der Waals surface area (Å²) in [5, 5.41) is 9.60. The van der Waals surface area contributed by atoms with Gasteiger partial charge in [0.1, 0.15) is 51.8 Å². The fraction of sp³-hybridized carbons (Fsp3) is 0.467. The number of likely N-dealkylation sites (tertiary alicyclic amines) is 2. The number of hydrogen-bond acceptors (Lipinski definition) is 18.